The Morgan fingerprint density at radius 2 is 2.16 bits per heavy atom. The second-order valence-electron chi connectivity index (χ2n) is 4.43. The number of nitrogens with one attached hydrogen (secondary N) is 1. The summed E-state index contributed by atoms with van der Waals surface area (Å²) in [6, 6.07) is 3.88. The van der Waals surface area contributed by atoms with Crippen LogP contribution >= 0.6 is 11.6 Å². The van der Waals surface area contributed by atoms with Crippen LogP contribution in [0, 0.1) is 0 Å². The molecule has 0 saturated carbocycles. The fraction of sp³-hybridized carbons (Fsp3) is 0.429. The second-order valence-corrected chi connectivity index (χ2v) is 4.87. The molecular formula is C14H19ClN4. The summed E-state index contributed by atoms with van der Waals surface area (Å²) in [7, 11) is 0. The fourth-order valence-corrected chi connectivity index (χ4v) is 2.15. The quantitative estimate of drug-likeness (QED) is 0.883. The van der Waals surface area contributed by atoms with Crippen LogP contribution in [0.4, 0.5) is 0 Å². The van der Waals surface area contributed by atoms with E-state index in [1.54, 1.807) is 6.20 Å². The van der Waals surface area contributed by atoms with Gasteiger partial charge in [0.2, 0.25) is 0 Å². The van der Waals surface area contributed by atoms with E-state index in [4.69, 9.17) is 11.6 Å². The molecule has 2 aromatic heterocycles. The maximum atomic E-state index is 5.89. The number of pyridine rings is 1. The Balaban J connectivity index is 2.25. The molecule has 1 N–H and O–H groups in total. The third-order valence-electron chi connectivity index (χ3n) is 2.89. The molecule has 0 aliphatic rings. The first-order valence-electron chi connectivity index (χ1n) is 6.61. The average molecular weight is 279 g/mol. The number of halogens is 1. The van der Waals surface area contributed by atoms with Crippen molar-refractivity contribution in [2.75, 3.05) is 6.54 Å². The van der Waals surface area contributed by atoms with Crippen molar-refractivity contribution in [3.63, 3.8) is 0 Å². The van der Waals surface area contributed by atoms with Crippen molar-refractivity contribution in [3.05, 3.63) is 47.0 Å². The van der Waals surface area contributed by atoms with Crippen molar-refractivity contribution >= 4 is 11.6 Å². The number of nitrogens with zero attached hydrogens (tertiary/aromatic N) is 3. The zero-order chi connectivity index (χ0) is 13.7. The van der Waals surface area contributed by atoms with Gasteiger partial charge in [-0.15, -0.1) is 0 Å². The molecule has 19 heavy (non-hydrogen) atoms. The summed E-state index contributed by atoms with van der Waals surface area (Å²) in [6.45, 7) is 6.03. The van der Waals surface area contributed by atoms with Crippen molar-refractivity contribution in [2.24, 2.45) is 0 Å². The molecule has 0 radical (unpaired) electrons. The van der Waals surface area contributed by atoms with E-state index in [2.05, 4.69) is 35.4 Å². The summed E-state index contributed by atoms with van der Waals surface area (Å²) in [4.78, 5) is 4.40. The molecule has 1 atom stereocenters. The van der Waals surface area contributed by atoms with Gasteiger partial charge in [0.1, 0.15) is 0 Å². The van der Waals surface area contributed by atoms with Crippen LogP contribution in [0.1, 0.15) is 37.6 Å². The van der Waals surface area contributed by atoms with Crippen molar-refractivity contribution in [1.29, 1.82) is 0 Å². The van der Waals surface area contributed by atoms with E-state index in [9.17, 15) is 0 Å². The standard InChI is InChI=1S/C14H19ClN4/c1-3-7-19-10-11(8-18-19)14(16-4-2)13-6-5-12(15)9-17-13/h5-6,8-10,14,16H,3-4,7H2,1-2H3. The molecule has 0 amide bonds. The first-order valence-corrected chi connectivity index (χ1v) is 6.99. The molecule has 0 spiro atoms. The minimum Gasteiger partial charge on any atom is -0.305 e. The summed E-state index contributed by atoms with van der Waals surface area (Å²) in [5.41, 5.74) is 2.09. The third kappa shape index (κ3) is 3.55. The molecule has 0 bridgehead atoms. The Hall–Kier alpha value is -1.39. The van der Waals surface area contributed by atoms with Gasteiger partial charge in [0.25, 0.3) is 0 Å². The summed E-state index contributed by atoms with van der Waals surface area (Å²) < 4.78 is 1.97. The average Bonchev–Trinajstić information content (AvgIpc) is 2.86. The van der Waals surface area contributed by atoms with Crippen LogP contribution in [-0.2, 0) is 6.54 Å². The normalized spacial score (nSPS) is 12.6. The first-order chi connectivity index (χ1) is 9.24. The highest BCUT2D eigenvalue weighted by Crippen LogP contribution is 2.21. The number of aryl methyl sites for hydroxylation is 1. The Morgan fingerprint density at radius 3 is 2.79 bits per heavy atom. The van der Waals surface area contributed by atoms with Gasteiger partial charge in [-0.3, -0.25) is 9.67 Å². The van der Waals surface area contributed by atoms with Crippen LogP contribution in [-0.4, -0.2) is 21.3 Å². The second kappa shape index (κ2) is 6.68. The summed E-state index contributed by atoms with van der Waals surface area (Å²) >= 11 is 5.89. The van der Waals surface area contributed by atoms with E-state index in [0.29, 0.717) is 5.02 Å². The summed E-state index contributed by atoms with van der Waals surface area (Å²) in [6.07, 6.45) is 6.73. The molecule has 0 aliphatic carbocycles. The van der Waals surface area contributed by atoms with Crippen LogP contribution in [0.5, 0.6) is 0 Å². The zero-order valence-electron chi connectivity index (χ0n) is 11.3. The van der Waals surface area contributed by atoms with Crippen molar-refractivity contribution in [1.82, 2.24) is 20.1 Å². The summed E-state index contributed by atoms with van der Waals surface area (Å²) in [5.74, 6) is 0. The molecule has 102 valence electrons. The molecule has 0 aromatic carbocycles. The Bertz CT molecular complexity index is 506. The largest absolute Gasteiger partial charge is 0.305 e. The van der Waals surface area contributed by atoms with E-state index in [1.165, 1.54) is 0 Å². The summed E-state index contributed by atoms with van der Waals surface area (Å²) in [5, 5.41) is 8.46. The number of aromatic nitrogens is 3. The first kappa shape index (κ1) is 14.0. The zero-order valence-corrected chi connectivity index (χ0v) is 12.1. The maximum Gasteiger partial charge on any atom is 0.0782 e. The van der Waals surface area contributed by atoms with E-state index in [0.717, 1.165) is 30.8 Å². The lowest BCUT2D eigenvalue weighted by molar-refractivity contribution is 0.594. The van der Waals surface area contributed by atoms with Crippen molar-refractivity contribution in [3.8, 4) is 0 Å². The molecule has 5 heteroatoms. The minimum absolute atomic E-state index is 0.0628. The fourth-order valence-electron chi connectivity index (χ4n) is 2.04. The lowest BCUT2D eigenvalue weighted by atomic mass is 10.1. The van der Waals surface area contributed by atoms with Gasteiger partial charge in [-0.1, -0.05) is 25.4 Å². The van der Waals surface area contributed by atoms with Crippen LogP contribution in [0.3, 0.4) is 0 Å². The van der Waals surface area contributed by atoms with Gasteiger partial charge in [0.15, 0.2) is 0 Å². The monoisotopic (exact) mass is 278 g/mol. The highest BCUT2D eigenvalue weighted by molar-refractivity contribution is 6.30. The molecular weight excluding hydrogens is 260 g/mol. The SMILES string of the molecule is CCCn1cc(C(NCC)c2ccc(Cl)cn2)cn1. The predicted molar refractivity (Wildman–Crippen MR) is 77.3 cm³/mol. The van der Waals surface area contributed by atoms with Crippen LogP contribution in [0.15, 0.2) is 30.7 Å². The molecule has 0 fully saturated rings. The van der Waals surface area contributed by atoms with E-state index in [-0.39, 0.29) is 6.04 Å². The molecule has 0 aliphatic heterocycles. The smallest absolute Gasteiger partial charge is 0.0782 e. The lowest BCUT2D eigenvalue weighted by Crippen LogP contribution is -2.22. The maximum absolute atomic E-state index is 5.89. The number of hydrogen-bond donors (Lipinski definition) is 1. The van der Waals surface area contributed by atoms with Gasteiger partial charge in [-0.05, 0) is 25.1 Å². The topological polar surface area (TPSA) is 42.7 Å². The van der Waals surface area contributed by atoms with E-state index in [1.807, 2.05) is 23.0 Å². The van der Waals surface area contributed by atoms with Crippen molar-refractivity contribution in [2.45, 2.75) is 32.9 Å². The number of hydrogen-bond acceptors (Lipinski definition) is 3. The van der Waals surface area contributed by atoms with E-state index < -0.39 is 0 Å². The highest BCUT2D eigenvalue weighted by Gasteiger charge is 2.16. The van der Waals surface area contributed by atoms with Gasteiger partial charge in [0, 0.05) is 24.5 Å². The Labute approximate surface area is 118 Å². The van der Waals surface area contributed by atoms with Gasteiger partial charge in [-0.2, -0.15) is 5.10 Å². The Morgan fingerprint density at radius 1 is 1.32 bits per heavy atom. The Kier molecular flexibility index (Phi) is 4.93. The van der Waals surface area contributed by atoms with Crippen LogP contribution in [0.2, 0.25) is 5.02 Å². The third-order valence-corrected chi connectivity index (χ3v) is 3.12. The number of rotatable bonds is 6. The molecule has 2 heterocycles. The molecule has 2 aromatic rings. The predicted octanol–water partition coefficient (Wildman–Crippen LogP) is 3.04. The van der Waals surface area contributed by atoms with Crippen LogP contribution in [0.25, 0.3) is 0 Å². The van der Waals surface area contributed by atoms with Gasteiger partial charge in [0.05, 0.1) is 23.0 Å². The van der Waals surface area contributed by atoms with Crippen molar-refractivity contribution < 1.29 is 0 Å². The van der Waals surface area contributed by atoms with Gasteiger partial charge in [-0.25, -0.2) is 0 Å². The van der Waals surface area contributed by atoms with Gasteiger partial charge < -0.3 is 5.32 Å². The highest BCUT2D eigenvalue weighted by atomic mass is 35.5. The van der Waals surface area contributed by atoms with E-state index >= 15 is 0 Å². The molecule has 2 rings (SSSR count). The molecule has 0 saturated heterocycles. The van der Waals surface area contributed by atoms with Crippen LogP contribution < -0.4 is 5.32 Å². The molecule has 4 nitrogen and oxygen atoms in total. The van der Waals surface area contributed by atoms with Gasteiger partial charge >= 0.3 is 0 Å². The molecule has 1 unspecified atom stereocenters. The lowest BCUT2D eigenvalue weighted by Gasteiger charge is -2.15. The minimum atomic E-state index is 0.0628.